The molecule has 1 rings (SSSR count). The zero-order valence-electron chi connectivity index (χ0n) is 9.31. The molecule has 0 aromatic heterocycles. The number of methoxy groups -OCH3 is 1. The molecular weight excluding hydrogens is 174 g/mol. The molecule has 0 amide bonds. The normalized spacial score (nSPS) is 17.9. The third-order valence-corrected chi connectivity index (χ3v) is 2.75. The lowest BCUT2D eigenvalue weighted by molar-refractivity contribution is 0.308. The molecule has 0 aromatic rings. The maximum Gasteiger partial charge on any atom is 0.142 e. The van der Waals surface area contributed by atoms with Gasteiger partial charge in [0.15, 0.2) is 0 Å². The molecule has 0 unspecified atom stereocenters. The molecule has 1 aliphatic rings. The Kier molecular flexibility index (Phi) is 3.93. The number of allylic oxidation sites excluding steroid dienone is 3. The van der Waals surface area contributed by atoms with Gasteiger partial charge in [-0.1, -0.05) is 19.4 Å². The summed E-state index contributed by atoms with van der Waals surface area (Å²) in [5.41, 5.74) is 3.17. The Morgan fingerprint density at radius 2 is 2.00 bits per heavy atom. The highest BCUT2D eigenvalue weighted by Crippen LogP contribution is 2.25. The Balaban J connectivity index is 2.97. The van der Waals surface area contributed by atoms with Gasteiger partial charge in [0.1, 0.15) is 5.76 Å². The van der Waals surface area contributed by atoms with Crippen molar-refractivity contribution in [3.63, 3.8) is 0 Å². The van der Waals surface area contributed by atoms with E-state index in [0.29, 0.717) is 5.71 Å². The summed E-state index contributed by atoms with van der Waals surface area (Å²) in [6.07, 6.45) is 6.10. The second-order valence-corrected chi connectivity index (χ2v) is 3.56. The average molecular weight is 193 g/mol. The van der Waals surface area contributed by atoms with Crippen LogP contribution in [0.25, 0.3) is 0 Å². The van der Waals surface area contributed by atoms with Crippen LogP contribution < -0.4 is 0 Å². The average Bonchev–Trinajstić information content (AvgIpc) is 2.36. The number of hydrogen-bond donors (Lipinski definition) is 1. The standard InChI is InChI=1S/C12H19NO/c1-4-9-6-7-10(5-2)12(14-3)11(13)8-9/h8,13H,4-7H2,1-3H3. The molecule has 0 atom stereocenters. The van der Waals surface area contributed by atoms with Crippen molar-refractivity contribution in [2.24, 2.45) is 0 Å². The highest BCUT2D eigenvalue weighted by atomic mass is 16.5. The minimum absolute atomic E-state index is 0.540. The van der Waals surface area contributed by atoms with Crippen molar-refractivity contribution in [2.45, 2.75) is 39.5 Å². The highest BCUT2D eigenvalue weighted by Gasteiger charge is 2.14. The van der Waals surface area contributed by atoms with E-state index in [-0.39, 0.29) is 0 Å². The summed E-state index contributed by atoms with van der Waals surface area (Å²) in [6, 6.07) is 0. The van der Waals surface area contributed by atoms with Crippen LogP contribution in [0.5, 0.6) is 0 Å². The van der Waals surface area contributed by atoms with E-state index in [1.54, 1.807) is 7.11 Å². The van der Waals surface area contributed by atoms with Gasteiger partial charge in [0.05, 0.1) is 12.8 Å². The Morgan fingerprint density at radius 3 is 2.50 bits per heavy atom. The van der Waals surface area contributed by atoms with Crippen LogP contribution in [0.1, 0.15) is 39.5 Å². The number of ether oxygens (including phenoxy) is 1. The summed E-state index contributed by atoms with van der Waals surface area (Å²) in [4.78, 5) is 0. The van der Waals surface area contributed by atoms with Gasteiger partial charge in [-0.3, -0.25) is 5.41 Å². The smallest absolute Gasteiger partial charge is 0.142 e. The molecule has 0 saturated heterocycles. The van der Waals surface area contributed by atoms with Crippen LogP contribution >= 0.6 is 0 Å². The Hall–Kier alpha value is -1.05. The molecule has 0 bridgehead atoms. The second kappa shape index (κ2) is 4.99. The summed E-state index contributed by atoms with van der Waals surface area (Å²) in [6.45, 7) is 4.26. The van der Waals surface area contributed by atoms with Crippen molar-refractivity contribution in [3.8, 4) is 0 Å². The van der Waals surface area contributed by atoms with Gasteiger partial charge in [-0.15, -0.1) is 0 Å². The topological polar surface area (TPSA) is 33.1 Å². The van der Waals surface area contributed by atoms with Gasteiger partial charge in [0.2, 0.25) is 0 Å². The van der Waals surface area contributed by atoms with E-state index in [9.17, 15) is 0 Å². The maximum absolute atomic E-state index is 7.89. The molecule has 0 heterocycles. The van der Waals surface area contributed by atoms with E-state index < -0.39 is 0 Å². The maximum atomic E-state index is 7.89. The van der Waals surface area contributed by atoms with Gasteiger partial charge in [0, 0.05) is 0 Å². The van der Waals surface area contributed by atoms with E-state index in [1.807, 2.05) is 6.08 Å². The minimum Gasteiger partial charge on any atom is -0.495 e. The third kappa shape index (κ3) is 2.25. The SMILES string of the molecule is CCC1=CC(=N)C(OC)=C(CC)CC1. The zero-order valence-corrected chi connectivity index (χ0v) is 9.31. The zero-order chi connectivity index (χ0) is 10.6. The lowest BCUT2D eigenvalue weighted by Gasteiger charge is -2.09. The highest BCUT2D eigenvalue weighted by molar-refractivity contribution is 6.05. The molecule has 14 heavy (non-hydrogen) atoms. The lowest BCUT2D eigenvalue weighted by atomic mass is 10.0. The van der Waals surface area contributed by atoms with E-state index in [2.05, 4.69) is 13.8 Å². The molecule has 2 nitrogen and oxygen atoms in total. The second-order valence-electron chi connectivity index (χ2n) is 3.56. The first-order valence-electron chi connectivity index (χ1n) is 5.27. The van der Waals surface area contributed by atoms with Crippen LogP contribution in [-0.2, 0) is 4.74 Å². The van der Waals surface area contributed by atoms with Crippen LogP contribution in [0.4, 0.5) is 0 Å². The summed E-state index contributed by atoms with van der Waals surface area (Å²) >= 11 is 0. The van der Waals surface area contributed by atoms with Crippen LogP contribution in [-0.4, -0.2) is 12.8 Å². The first-order valence-corrected chi connectivity index (χ1v) is 5.27. The van der Waals surface area contributed by atoms with Crippen molar-refractivity contribution in [1.82, 2.24) is 0 Å². The molecule has 2 heteroatoms. The molecule has 1 aliphatic carbocycles. The van der Waals surface area contributed by atoms with Crippen LogP contribution in [0.2, 0.25) is 0 Å². The van der Waals surface area contributed by atoms with E-state index in [0.717, 1.165) is 31.4 Å². The molecule has 0 fully saturated rings. The molecule has 78 valence electrons. The van der Waals surface area contributed by atoms with Crippen molar-refractivity contribution in [2.75, 3.05) is 7.11 Å². The largest absolute Gasteiger partial charge is 0.495 e. The van der Waals surface area contributed by atoms with Crippen LogP contribution in [0.15, 0.2) is 23.0 Å². The summed E-state index contributed by atoms with van der Waals surface area (Å²) < 4.78 is 5.29. The predicted molar refractivity (Wildman–Crippen MR) is 59.7 cm³/mol. The van der Waals surface area contributed by atoms with Gasteiger partial charge < -0.3 is 4.74 Å². The molecular formula is C12H19NO. The minimum atomic E-state index is 0.540. The number of hydrogen-bond acceptors (Lipinski definition) is 2. The Labute approximate surface area is 86.2 Å². The number of nitrogens with one attached hydrogen (secondary N) is 1. The van der Waals surface area contributed by atoms with Crippen molar-refractivity contribution in [1.29, 1.82) is 5.41 Å². The Bertz CT molecular complexity index is 287. The summed E-state index contributed by atoms with van der Waals surface area (Å²) in [5.74, 6) is 0.788. The monoisotopic (exact) mass is 193 g/mol. The van der Waals surface area contributed by atoms with Crippen molar-refractivity contribution < 1.29 is 4.74 Å². The van der Waals surface area contributed by atoms with Crippen LogP contribution in [0.3, 0.4) is 0 Å². The van der Waals surface area contributed by atoms with Crippen molar-refractivity contribution >= 4 is 5.71 Å². The third-order valence-electron chi connectivity index (χ3n) is 2.75. The molecule has 0 saturated carbocycles. The van der Waals surface area contributed by atoms with Gasteiger partial charge in [-0.25, -0.2) is 0 Å². The van der Waals surface area contributed by atoms with Gasteiger partial charge >= 0.3 is 0 Å². The number of rotatable bonds is 3. The molecule has 0 radical (unpaired) electrons. The van der Waals surface area contributed by atoms with Crippen LogP contribution in [0, 0.1) is 5.41 Å². The first kappa shape index (κ1) is 11.0. The van der Waals surface area contributed by atoms with E-state index in [1.165, 1.54) is 11.1 Å². The lowest BCUT2D eigenvalue weighted by Crippen LogP contribution is -2.02. The van der Waals surface area contributed by atoms with Gasteiger partial charge in [-0.2, -0.15) is 0 Å². The molecule has 0 spiro atoms. The Morgan fingerprint density at radius 1 is 1.29 bits per heavy atom. The summed E-state index contributed by atoms with van der Waals surface area (Å²) in [7, 11) is 1.66. The predicted octanol–water partition coefficient (Wildman–Crippen LogP) is 3.45. The van der Waals surface area contributed by atoms with Gasteiger partial charge in [0.25, 0.3) is 0 Å². The fourth-order valence-electron chi connectivity index (χ4n) is 1.83. The fraction of sp³-hybridized carbons (Fsp3) is 0.583. The van der Waals surface area contributed by atoms with Crippen molar-refractivity contribution in [3.05, 3.63) is 23.0 Å². The fourth-order valence-corrected chi connectivity index (χ4v) is 1.83. The molecule has 0 aliphatic heterocycles. The summed E-state index contributed by atoms with van der Waals surface area (Å²) in [5, 5.41) is 7.89. The van der Waals surface area contributed by atoms with E-state index in [4.69, 9.17) is 10.1 Å². The molecule has 1 N–H and O–H groups in total. The molecule has 0 aromatic carbocycles. The first-order chi connectivity index (χ1) is 6.72. The van der Waals surface area contributed by atoms with E-state index >= 15 is 0 Å². The van der Waals surface area contributed by atoms with Gasteiger partial charge in [-0.05, 0) is 37.3 Å². The quantitative estimate of drug-likeness (QED) is 0.731.